The lowest BCUT2D eigenvalue weighted by Gasteiger charge is -2.18. The lowest BCUT2D eigenvalue weighted by molar-refractivity contribution is -0.123. The van der Waals surface area contributed by atoms with Gasteiger partial charge in [-0.1, -0.05) is 19.9 Å². The second kappa shape index (κ2) is 7.11. The predicted octanol–water partition coefficient (Wildman–Crippen LogP) is 1.64. The van der Waals surface area contributed by atoms with E-state index in [1.807, 2.05) is 25.3 Å². The first-order valence-corrected chi connectivity index (χ1v) is 6.39. The molecule has 4 nitrogen and oxygen atoms in total. The largest absolute Gasteiger partial charge is 0.358 e. The van der Waals surface area contributed by atoms with Crippen LogP contribution in [0.25, 0.3) is 0 Å². The molecule has 1 unspecified atom stereocenters. The topological polar surface area (TPSA) is 54.0 Å². The SMILES string of the molecule is CNC(=O)C(CC(C)C)NCc1ccc(C)cn1. The highest BCUT2D eigenvalue weighted by Crippen LogP contribution is 2.06. The van der Waals surface area contributed by atoms with Crippen LogP contribution >= 0.6 is 0 Å². The standard InChI is InChI=1S/C14H23N3O/c1-10(2)7-13(14(18)15-4)17-9-12-6-5-11(3)8-16-12/h5-6,8,10,13,17H,7,9H2,1-4H3,(H,15,18). The maximum absolute atomic E-state index is 11.7. The molecule has 0 saturated heterocycles. The van der Waals surface area contributed by atoms with E-state index in [1.165, 1.54) is 0 Å². The highest BCUT2D eigenvalue weighted by Gasteiger charge is 2.17. The number of carbonyl (C=O) groups is 1. The van der Waals surface area contributed by atoms with Crippen LogP contribution in [-0.4, -0.2) is 24.0 Å². The van der Waals surface area contributed by atoms with Gasteiger partial charge in [-0.3, -0.25) is 9.78 Å². The fraction of sp³-hybridized carbons (Fsp3) is 0.571. The second-order valence-electron chi connectivity index (χ2n) is 5.00. The summed E-state index contributed by atoms with van der Waals surface area (Å²) in [6.45, 7) is 6.85. The molecule has 18 heavy (non-hydrogen) atoms. The lowest BCUT2D eigenvalue weighted by Crippen LogP contribution is -2.43. The molecule has 1 atom stereocenters. The lowest BCUT2D eigenvalue weighted by atomic mass is 10.0. The summed E-state index contributed by atoms with van der Waals surface area (Å²) in [5, 5.41) is 5.96. The molecule has 1 rings (SSSR count). The van der Waals surface area contributed by atoms with Gasteiger partial charge in [0.2, 0.25) is 5.91 Å². The zero-order valence-electron chi connectivity index (χ0n) is 11.7. The van der Waals surface area contributed by atoms with Gasteiger partial charge in [0.25, 0.3) is 0 Å². The van der Waals surface area contributed by atoms with Crippen molar-refractivity contribution in [1.29, 1.82) is 0 Å². The molecule has 4 heteroatoms. The van der Waals surface area contributed by atoms with Crippen molar-refractivity contribution in [1.82, 2.24) is 15.6 Å². The normalized spacial score (nSPS) is 12.5. The highest BCUT2D eigenvalue weighted by molar-refractivity contribution is 5.81. The quantitative estimate of drug-likeness (QED) is 0.806. The second-order valence-corrected chi connectivity index (χ2v) is 5.00. The minimum Gasteiger partial charge on any atom is -0.358 e. The minimum absolute atomic E-state index is 0.0378. The number of aryl methyl sites for hydroxylation is 1. The Morgan fingerprint density at radius 3 is 2.61 bits per heavy atom. The van der Waals surface area contributed by atoms with Gasteiger partial charge in [-0.05, 0) is 30.9 Å². The van der Waals surface area contributed by atoms with Crippen LogP contribution in [0.4, 0.5) is 0 Å². The number of aromatic nitrogens is 1. The van der Waals surface area contributed by atoms with Gasteiger partial charge < -0.3 is 10.6 Å². The number of carbonyl (C=O) groups excluding carboxylic acids is 1. The van der Waals surface area contributed by atoms with E-state index < -0.39 is 0 Å². The summed E-state index contributed by atoms with van der Waals surface area (Å²) >= 11 is 0. The van der Waals surface area contributed by atoms with Crippen LogP contribution in [0.1, 0.15) is 31.5 Å². The Morgan fingerprint density at radius 1 is 1.39 bits per heavy atom. The summed E-state index contributed by atoms with van der Waals surface area (Å²) in [5.41, 5.74) is 2.10. The number of nitrogens with zero attached hydrogens (tertiary/aromatic N) is 1. The third kappa shape index (κ3) is 4.84. The number of likely N-dealkylation sites (N-methyl/N-ethyl adjacent to an activating group) is 1. The fourth-order valence-corrected chi connectivity index (χ4v) is 1.76. The number of amides is 1. The average molecular weight is 249 g/mol. The highest BCUT2D eigenvalue weighted by atomic mass is 16.2. The van der Waals surface area contributed by atoms with E-state index in [0.717, 1.165) is 17.7 Å². The summed E-state index contributed by atoms with van der Waals surface area (Å²) in [6, 6.07) is 3.86. The predicted molar refractivity (Wildman–Crippen MR) is 73.1 cm³/mol. The van der Waals surface area contributed by atoms with Gasteiger partial charge in [0.05, 0.1) is 11.7 Å². The molecule has 1 aromatic heterocycles. The Morgan fingerprint density at radius 2 is 2.11 bits per heavy atom. The van der Waals surface area contributed by atoms with Crippen molar-refractivity contribution < 1.29 is 4.79 Å². The molecule has 100 valence electrons. The smallest absolute Gasteiger partial charge is 0.236 e. The van der Waals surface area contributed by atoms with Crippen molar-refractivity contribution in [2.45, 2.75) is 39.8 Å². The van der Waals surface area contributed by atoms with E-state index in [-0.39, 0.29) is 11.9 Å². The Bertz CT molecular complexity index is 373. The first-order chi connectivity index (χ1) is 8.52. The van der Waals surface area contributed by atoms with Gasteiger partial charge in [-0.25, -0.2) is 0 Å². The molecule has 1 aromatic rings. The molecule has 0 radical (unpaired) electrons. The van der Waals surface area contributed by atoms with E-state index in [2.05, 4.69) is 29.5 Å². The summed E-state index contributed by atoms with van der Waals surface area (Å²) in [4.78, 5) is 16.0. The van der Waals surface area contributed by atoms with Crippen molar-refractivity contribution in [3.05, 3.63) is 29.6 Å². The van der Waals surface area contributed by atoms with Crippen molar-refractivity contribution in [2.24, 2.45) is 5.92 Å². The van der Waals surface area contributed by atoms with E-state index in [0.29, 0.717) is 12.5 Å². The van der Waals surface area contributed by atoms with Gasteiger partial charge >= 0.3 is 0 Å². The first-order valence-electron chi connectivity index (χ1n) is 6.39. The first kappa shape index (κ1) is 14.6. The molecule has 0 aliphatic heterocycles. The minimum atomic E-state index is -0.155. The van der Waals surface area contributed by atoms with Crippen molar-refractivity contribution >= 4 is 5.91 Å². The zero-order valence-corrected chi connectivity index (χ0v) is 11.7. The van der Waals surface area contributed by atoms with Crippen molar-refractivity contribution in [2.75, 3.05) is 7.05 Å². The molecule has 1 heterocycles. The number of hydrogen-bond acceptors (Lipinski definition) is 3. The van der Waals surface area contributed by atoms with Gasteiger partial charge in [0, 0.05) is 19.8 Å². The molecular weight excluding hydrogens is 226 g/mol. The molecule has 0 aliphatic rings. The summed E-state index contributed by atoms with van der Waals surface area (Å²) in [5.74, 6) is 0.515. The molecule has 0 spiro atoms. The summed E-state index contributed by atoms with van der Waals surface area (Å²) in [6.07, 6.45) is 2.67. The fourth-order valence-electron chi connectivity index (χ4n) is 1.76. The Hall–Kier alpha value is -1.42. The van der Waals surface area contributed by atoms with Crippen LogP contribution in [0.5, 0.6) is 0 Å². The number of rotatable bonds is 6. The van der Waals surface area contributed by atoms with Crippen LogP contribution in [0.3, 0.4) is 0 Å². The van der Waals surface area contributed by atoms with Crippen LogP contribution in [0.2, 0.25) is 0 Å². The van der Waals surface area contributed by atoms with E-state index >= 15 is 0 Å². The Labute approximate surface area is 109 Å². The zero-order chi connectivity index (χ0) is 13.5. The Balaban J connectivity index is 2.55. The van der Waals surface area contributed by atoms with Crippen LogP contribution in [0, 0.1) is 12.8 Å². The van der Waals surface area contributed by atoms with E-state index in [1.54, 1.807) is 7.05 Å². The van der Waals surface area contributed by atoms with Gasteiger partial charge in [0.15, 0.2) is 0 Å². The van der Waals surface area contributed by atoms with Crippen LogP contribution < -0.4 is 10.6 Å². The molecular formula is C14H23N3O. The van der Waals surface area contributed by atoms with Gasteiger partial charge in [-0.15, -0.1) is 0 Å². The van der Waals surface area contributed by atoms with E-state index in [4.69, 9.17) is 0 Å². The van der Waals surface area contributed by atoms with Gasteiger partial charge in [0.1, 0.15) is 0 Å². The number of pyridine rings is 1. The average Bonchev–Trinajstić information content (AvgIpc) is 2.35. The molecule has 0 aromatic carbocycles. The van der Waals surface area contributed by atoms with Crippen LogP contribution in [0.15, 0.2) is 18.3 Å². The molecule has 1 amide bonds. The maximum Gasteiger partial charge on any atom is 0.236 e. The molecule has 0 fully saturated rings. The summed E-state index contributed by atoms with van der Waals surface area (Å²) < 4.78 is 0. The monoisotopic (exact) mass is 249 g/mol. The summed E-state index contributed by atoms with van der Waals surface area (Å²) in [7, 11) is 1.67. The van der Waals surface area contributed by atoms with Crippen LogP contribution in [-0.2, 0) is 11.3 Å². The molecule has 0 saturated carbocycles. The molecule has 0 aliphatic carbocycles. The number of nitrogens with one attached hydrogen (secondary N) is 2. The van der Waals surface area contributed by atoms with Crippen molar-refractivity contribution in [3.63, 3.8) is 0 Å². The number of hydrogen-bond donors (Lipinski definition) is 2. The van der Waals surface area contributed by atoms with Gasteiger partial charge in [-0.2, -0.15) is 0 Å². The third-order valence-electron chi connectivity index (χ3n) is 2.77. The third-order valence-corrected chi connectivity index (χ3v) is 2.77. The molecule has 2 N–H and O–H groups in total. The molecule has 0 bridgehead atoms. The van der Waals surface area contributed by atoms with Crippen molar-refractivity contribution in [3.8, 4) is 0 Å². The maximum atomic E-state index is 11.7. The Kier molecular flexibility index (Phi) is 5.78. The van der Waals surface area contributed by atoms with E-state index in [9.17, 15) is 4.79 Å².